The smallest absolute Gasteiger partial charge is 0.185 e. The van der Waals surface area contributed by atoms with Crippen LogP contribution in [-0.2, 0) is 0 Å². The molecule has 2 heterocycles. The molecular formula is C29H28FNO5S. The first-order valence-electron chi connectivity index (χ1n) is 11.8. The molecule has 0 aliphatic heterocycles. The van der Waals surface area contributed by atoms with Gasteiger partial charge >= 0.3 is 0 Å². The van der Waals surface area contributed by atoms with Gasteiger partial charge in [-0.1, -0.05) is 26.0 Å². The Morgan fingerprint density at radius 3 is 2.35 bits per heavy atom. The number of rotatable bonds is 10. The Morgan fingerprint density at radius 1 is 0.946 bits per heavy atom. The Balaban J connectivity index is 1.67. The fourth-order valence-corrected chi connectivity index (χ4v) is 5.21. The first-order chi connectivity index (χ1) is 17.8. The lowest BCUT2D eigenvalue weighted by molar-refractivity contribution is 0.0913. The number of Topliss-reactive ketones (excluding diaryl/α,β-unsaturated/α-hetero) is 2. The summed E-state index contributed by atoms with van der Waals surface area (Å²) in [5, 5.41) is 2.58. The van der Waals surface area contributed by atoms with E-state index in [1.807, 2.05) is 31.4 Å². The van der Waals surface area contributed by atoms with Crippen molar-refractivity contribution in [1.82, 2.24) is 4.98 Å². The lowest BCUT2D eigenvalue weighted by atomic mass is 9.96. The lowest BCUT2D eigenvalue weighted by Gasteiger charge is -2.17. The van der Waals surface area contributed by atoms with Crippen molar-refractivity contribution in [3.05, 3.63) is 70.5 Å². The highest BCUT2D eigenvalue weighted by molar-refractivity contribution is 7.17. The highest BCUT2D eigenvalue weighted by Crippen LogP contribution is 2.39. The van der Waals surface area contributed by atoms with Crippen LogP contribution in [0.25, 0.3) is 21.3 Å². The van der Waals surface area contributed by atoms with Gasteiger partial charge in [0.15, 0.2) is 28.8 Å². The second-order valence-corrected chi connectivity index (χ2v) is 9.69. The van der Waals surface area contributed by atoms with Gasteiger partial charge in [0.2, 0.25) is 0 Å². The largest absolute Gasteiger partial charge is 0.494 e. The van der Waals surface area contributed by atoms with Crippen molar-refractivity contribution in [2.24, 2.45) is 0 Å². The van der Waals surface area contributed by atoms with E-state index in [0.29, 0.717) is 33.2 Å². The third-order valence-electron chi connectivity index (χ3n) is 6.20. The van der Waals surface area contributed by atoms with Crippen LogP contribution in [0.4, 0.5) is 4.39 Å². The molecule has 0 fully saturated rings. The molecule has 6 nitrogen and oxygen atoms in total. The van der Waals surface area contributed by atoms with Crippen LogP contribution < -0.4 is 14.2 Å². The molecule has 8 heteroatoms. The number of benzene rings is 2. The van der Waals surface area contributed by atoms with Crippen molar-refractivity contribution >= 4 is 33.0 Å². The summed E-state index contributed by atoms with van der Waals surface area (Å²) in [6, 6.07) is 11.7. The van der Waals surface area contributed by atoms with Crippen LogP contribution in [0.15, 0.2) is 47.8 Å². The maximum absolute atomic E-state index is 14.3. The molecule has 0 saturated carbocycles. The molecule has 0 spiro atoms. The van der Waals surface area contributed by atoms with E-state index in [1.54, 1.807) is 24.3 Å². The van der Waals surface area contributed by atoms with Gasteiger partial charge in [0.1, 0.15) is 11.5 Å². The number of carbonyl (C=O) groups is 2. The van der Waals surface area contributed by atoms with Crippen molar-refractivity contribution in [2.75, 3.05) is 21.3 Å². The van der Waals surface area contributed by atoms with E-state index in [0.717, 1.165) is 16.5 Å². The molecule has 2 aromatic heterocycles. The average Bonchev–Trinajstić information content (AvgIpc) is 3.35. The Bertz CT molecular complexity index is 1480. The molecular weight excluding hydrogens is 493 g/mol. The molecule has 4 rings (SSSR count). The van der Waals surface area contributed by atoms with Crippen molar-refractivity contribution < 1.29 is 28.2 Å². The molecule has 4 aromatic rings. The van der Waals surface area contributed by atoms with Gasteiger partial charge in [-0.2, -0.15) is 0 Å². The minimum atomic E-state index is -0.305. The Labute approximate surface area is 219 Å². The minimum absolute atomic E-state index is 0.00696. The second-order valence-electron chi connectivity index (χ2n) is 8.82. The van der Waals surface area contributed by atoms with E-state index in [4.69, 9.17) is 14.2 Å². The van der Waals surface area contributed by atoms with Gasteiger partial charge in [-0.25, -0.2) is 9.37 Å². The van der Waals surface area contributed by atoms with Crippen LogP contribution in [0.2, 0.25) is 0 Å². The van der Waals surface area contributed by atoms with Crippen molar-refractivity contribution in [2.45, 2.75) is 32.6 Å². The topological polar surface area (TPSA) is 74.7 Å². The first kappa shape index (κ1) is 26.3. The molecule has 0 bridgehead atoms. The first-order valence-corrected chi connectivity index (χ1v) is 12.7. The zero-order valence-electron chi connectivity index (χ0n) is 21.4. The second kappa shape index (κ2) is 11.1. The fourth-order valence-electron chi connectivity index (χ4n) is 4.24. The van der Waals surface area contributed by atoms with E-state index in [9.17, 15) is 14.0 Å². The third-order valence-corrected chi connectivity index (χ3v) is 7.21. The number of ketones is 2. The van der Waals surface area contributed by atoms with Crippen LogP contribution in [0.5, 0.6) is 17.2 Å². The predicted molar refractivity (Wildman–Crippen MR) is 143 cm³/mol. The Kier molecular flexibility index (Phi) is 7.88. The number of nitrogens with zero attached hydrogens (tertiary/aromatic N) is 1. The van der Waals surface area contributed by atoms with E-state index < -0.39 is 0 Å². The monoisotopic (exact) mass is 521 g/mol. The molecule has 0 aliphatic carbocycles. The standard InChI is InChI=1S/C29H28FNO5S/c1-16(2)19-14-22(20-15-37-29-18(20)7-6-8-21(29)30)31-27(28(19)36-5)24(33)11-10-23(32)17-9-12-25(34-3)26(13-17)35-4/h6-9,12-16H,10-11H2,1-5H3. The van der Waals surface area contributed by atoms with Gasteiger partial charge in [0.25, 0.3) is 0 Å². The summed E-state index contributed by atoms with van der Waals surface area (Å²) in [5.41, 5.74) is 2.72. The molecule has 0 amide bonds. The van der Waals surface area contributed by atoms with Crippen LogP contribution in [0.1, 0.15) is 59.0 Å². The number of pyridine rings is 1. The lowest BCUT2D eigenvalue weighted by Crippen LogP contribution is -2.11. The normalized spacial score (nSPS) is 11.1. The minimum Gasteiger partial charge on any atom is -0.494 e. The quantitative estimate of drug-likeness (QED) is 0.207. The molecule has 37 heavy (non-hydrogen) atoms. The van der Waals surface area contributed by atoms with Gasteiger partial charge in [0.05, 0.1) is 31.7 Å². The number of halogens is 1. The predicted octanol–water partition coefficient (Wildman–Crippen LogP) is 7.10. The molecule has 0 atom stereocenters. The zero-order valence-corrected chi connectivity index (χ0v) is 22.2. The van der Waals surface area contributed by atoms with E-state index in [1.165, 1.54) is 38.7 Å². The SMILES string of the molecule is COc1ccc(C(=O)CCC(=O)c2nc(-c3csc4c(F)cccc34)cc(C(C)C)c2OC)cc1OC. The molecule has 2 aromatic carbocycles. The van der Waals surface area contributed by atoms with Gasteiger partial charge in [-0.15, -0.1) is 11.3 Å². The van der Waals surface area contributed by atoms with E-state index in [2.05, 4.69) is 4.98 Å². The zero-order chi connectivity index (χ0) is 26.7. The van der Waals surface area contributed by atoms with Crippen LogP contribution in [-0.4, -0.2) is 37.9 Å². The summed E-state index contributed by atoms with van der Waals surface area (Å²) in [6.07, 6.45) is -0.0521. The van der Waals surface area contributed by atoms with Gasteiger partial charge in [-0.05, 0) is 36.2 Å². The fraction of sp³-hybridized carbons (Fsp3) is 0.276. The Hall–Kier alpha value is -3.78. The summed E-state index contributed by atoms with van der Waals surface area (Å²) in [7, 11) is 4.52. The molecule has 0 saturated heterocycles. The summed E-state index contributed by atoms with van der Waals surface area (Å²) in [6.45, 7) is 4.00. The summed E-state index contributed by atoms with van der Waals surface area (Å²) >= 11 is 1.30. The van der Waals surface area contributed by atoms with Crippen LogP contribution >= 0.6 is 11.3 Å². The van der Waals surface area contributed by atoms with Gasteiger partial charge < -0.3 is 14.2 Å². The third kappa shape index (κ3) is 5.20. The summed E-state index contributed by atoms with van der Waals surface area (Å²) < 4.78 is 31.0. The van der Waals surface area contributed by atoms with Gasteiger partial charge in [-0.3, -0.25) is 9.59 Å². The molecule has 0 radical (unpaired) electrons. The van der Waals surface area contributed by atoms with Crippen molar-refractivity contribution in [3.63, 3.8) is 0 Å². The molecule has 0 aliphatic rings. The summed E-state index contributed by atoms with van der Waals surface area (Å²) in [5.74, 6) is 0.593. The van der Waals surface area contributed by atoms with Crippen LogP contribution in [0, 0.1) is 5.82 Å². The Morgan fingerprint density at radius 2 is 1.68 bits per heavy atom. The van der Waals surface area contributed by atoms with E-state index in [-0.39, 0.29) is 41.8 Å². The number of thiophene rings is 1. The number of carbonyl (C=O) groups excluding carboxylic acids is 2. The average molecular weight is 522 g/mol. The molecule has 0 N–H and O–H groups in total. The number of hydrogen-bond donors (Lipinski definition) is 0. The number of hydrogen-bond acceptors (Lipinski definition) is 7. The van der Waals surface area contributed by atoms with Crippen molar-refractivity contribution in [3.8, 4) is 28.5 Å². The number of methoxy groups -OCH3 is 3. The highest BCUT2D eigenvalue weighted by Gasteiger charge is 2.24. The van der Waals surface area contributed by atoms with Gasteiger partial charge in [0, 0.05) is 40.3 Å². The van der Waals surface area contributed by atoms with Crippen molar-refractivity contribution in [1.29, 1.82) is 0 Å². The number of ether oxygens (including phenoxy) is 3. The maximum atomic E-state index is 14.3. The van der Waals surface area contributed by atoms with Crippen LogP contribution in [0.3, 0.4) is 0 Å². The highest BCUT2D eigenvalue weighted by atomic mass is 32.1. The molecule has 192 valence electrons. The molecule has 0 unspecified atom stereocenters. The number of fused-ring (bicyclic) bond motifs is 1. The summed E-state index contributed by atoms with van der Waals surface area (Å²) in [4.78, 5) is 30.9. The van der Waals surface area contributed by atoms with E-state index >= 15 is 0 Å². The number of aromatic nitrogens is 1. The maximum Gasteiger partial charge on any atom is 0.185 e.